The summed E-state index contributed by atoms with van der Waals surface area (Å²) in [5, 5.41) is 11.1. The lowest BCUT2D eigenvalue weighted by atomic mass is 10.1. The second kappa shape index (κ2) is 7.44. The van der Waals surface area contributed by atoms with Crippen LogP contribution in [0.2, 0.25) is 0 Å². The highest BCUT2D eigenvalue weighted by molar-refractivity contribution is 5.94. The smallest absolute Gasteiger partial charge is 0.254 e. The van der Waals surface area contributed by atoms with Gasteiger partial charge in [-0.15, -0.1) is 5.10 Å². The lowest BCUT2D eigenvalue weighted by molar-refractivity contribution is 0.0633. The number of tetrazole rings is 1. The molecule has 0 atom stereocenters. The number of carbonyl (C=O) groups is 1. The summed E-state index contributed by atoms with van der Waals surface area (Å²) in [5.41, 5.74) is 1.43. The molecule has 3 heterocycles. The van der Waals surface area contributed by atoms with Crippen LogP contribution in [-0.4, -0.2) is 78.2 Å². The van der Waals surface area contributed by atoms with Gasteiger partial charge in [-0.25, -0.2) is 9.67 Å². The summed E-state index contributed by atoms with van der Waals surface area (Å²) in [7, 11) is 0. The lowest BCUT2D eigenvalue weighted by Gasteiger charge is -2.34. The van der Waals surface area contributed by atoms with Crippen LogP contribution in [0.4, 0.5) is 0 Å². The third-order valence-electron chi connectivity index (χ3n) is 4.60. The van der Waals surface area contributed by atoms with Crippen LogP contribution in [0.25, 0.3) is 5.69 Å². The Hall–Kier alpha value is -3.07. The number of piperazine rings is 1. The Bertz CT molecular complexity index is 838. The van der Waals surface area contributed by atoms with E-state index in [1.165, 1.54) is 6.33 Å². The molecular weight excluding hydrogens is 332 g/mol. The first-order valence-corrected chi connectivity index (χ1v) is 8.60. The van der Waals surface area contributed by atoms with Gasteiger partial charge in [0.05, 0.1) is 12.0 Å². The maximum Gasteiger partial charge on any atom is 0.254 e. The summed E-state index contributed by atoms with van der Waals surface area (Å²) < 4.78 is 3.62. The molecule has 0 unspecified atom stereocenters. The van der Waals surface area contributed by atoms with Crippen molar-refractivity contribution in [1.29, 1.82) is 0 Å². The summed E-state index contributed by atoms with van der Waals surface area (Å²) in [6.07, 6.45) is 7.11. The summed E-state index contributed by atoms with van der Waals surface area (Å²) in [4.78, 5) is 21.2. The van der Waals surface area contributed by atoms with E-state index in [9.17, 15) is 4.79 Å². The molecule has 1 aromatic carbocycles. The largest absolute Gasteiger partial charge is 0.336 e. The minimum absolute atomic E-state index is 0.0502. The normalized spacial score (nSPS) is 15.3. The fourth-order valence-electron chi connectivity index (χ4n) is 3.09. The molecule has 9 nitrogen and oxygen atoms in total. The third kappa shape index (κ3) is 3.62. The van der Waals surface area contributed by atoms with Gasteiger partial charge in [0.25, 0.3) is 5.91 Å². The molecule has 0 spiro atoms. The molecule has 1 fully saturated rings. The van der Waals surface area contributed by atoms with Crippen molar-refractivity contribution in [1.82, 2.24) is 39.6 Å². The molecule has 0 radical (unpaired) electrons. The van der Waals surface area contributed by atoms with Gasteiger partial charge in [-0.1, -0.05) is 6.07 Å². The molecule has 0 N–H and O–H groups in total. The molecule has 4 rings (SSSR count). The van der Waals surface area contributed by atoms with Crippen molar-refractivity contribution in [2.24, 2.45) is 0 Å². The van der Waals surface area contributed by atoms with E-state index in [2.05, 4.69) is 30.0 Å². The number of amides is 1. The number of nitrogens with zero attached hydrogens (tertiary/aromatic N) is 8. The topological polar surface area (TPSA) is 85.0 Å². The van der Waals surface area contributed by atoms with Crippen LogP contribution in [0.1, 0.15) is 10.4 Å². The summed E-state index contributed by atoms with van der Waals surface area (Å²) in [6.45, 7) is 5.12. The lowest BCUT2D eigenvalue weighted by Crippen LogP contribution is -2.49. The molecule has 26 heavy (non-hydrogen) atoms. The van der Waals surface area contributed by atoms with Crippen LogP contribution >= 0.6 is 0 Å². The van der Waals surface area contributed by atoms with E-state index in [1.807, 2.05) is 41.7 Å². The Morgan fingerprint density at radius 2 is 1.96 bits per heavy atom. The maximum absolute atomic E-state index is 12.8. The molecule has 0 saturated carbocycles. The van der Waals surface area contributed by atoms with Gasteiger partial charge in [0.15, 0.2) is 0 Å². The van der Waals surface area contributed by atoms with Crippen molar-refractivity contribution in [2.75, 3.05) is 32.7 Å². The van der Waals surface area contributed by atoms with Crippen molar-refractivity contribution in [3.8, 4) is 5.69 Å². The quantitative estimate of drug-likeness (QED) is 0.657. The van der Waals surface area contributed by atoms with Gasteiger partial charge in [-0.05, 0) is 28.6 Å². The molecule has 1 amide bonds. The van der Waals surface area contributed by atoms with Gasteiger partial charge in [0, 0.05) is 57.2 Å². The van der Waals surface area contributed by atoms with Gasteiger partial charge in [0.2, 0.25) is 0 Å². The van der Waals surface area contributed by atoms with Gasteiger partial charge < -0.3 is 9.47 Å². The Kier molecular flexibility index (Phi) is 4.69. The van der Waals surface area contributed by atoms with Crippen molar-refractivity contribution in [2.45, 2.75) is 6.54 Å². The van der Waals surface area contributed by atoms with E-state index in [0.29, 0.717) is 5.56 Å². The van der Waals surface area contributed by atoms with Crippen molar-refractivity contribution >= 4 is 5.91 Å². The minimum atomic E-state index is 0.0502. The van der Waals surface area contributed by atoms with Crippen LogP contribution in [0, 0.1) is 0 Å². The highest BCUT2D eigenvalue weighted by atomic mass is 16.2. The first kappa shape index (κ1) is 16.4. The zero-order valence-electron chi connectivity index (χ0n) is 14.3. The monoisotopic (exact) mass is 352 g/mol. The molecule has 1 saturated heterocycles. The van der Waals surface area contributed by atoms with Crippen molar-refractivity contribution < 1.29 is 4.79 Å². The molecule has 9 heteroatoms. The van der Waals surface area contributed by atoms with Crippen LogP contribution in [0.15, 0.2) is 49.3 Å². The van der Waals surface area contributed by atoms with Crippen molar-refractivity contribution in [3.63, 3.8) is 0 Å². The zero-order chi connectivity index (χ0) is 17.8. The van der Waals surface area contributed by atoms with Gasteiger partial charge in [-0.3, -0.25) is 9.69 Å². The molecular formula is C17H20N8O. The Balaban J connectivity index is 1.34. The highest BCUT2D eigenvalue weighted by Crippen LogP contribution is 2.13. The summed E-state index contributed by atoms with van der Waals surface area (Å²) >= 11 is 0. The third-order valence-corrected chi connectivity index (χ3v) is 4.60. The van der Waals surface area contributed by atoms with E-state index in [1.54, 1.807) is 10.9 Å². The Morgan fingerprint density at radius 1 is 1.08 bits per heavy atom. The number of rotatable bonds is 5. The van der Waals surface area contributed by atoms with Crippen LogP contribution in [0.5, 0.6) is 0 Å². The predicted molar refractivity (Wildman–Crippen MR) is 93.7 cm³/mol. The predicted octanol–water partition coefficient (Wildman–Crippen LogP) is 0.317. The first-order chi connectivity index (χ1) is 12.8. The maximum atomic E-state index is 12.8. The van der Waals surface area contributed by atoms with E-state index in [4.69, 9.17) is 0 Å². The van der Waals surface area contributed by atoms with Crippen LogP contribution < -0.4 is 0 Å². The molecule has 0 bridgehead atoms. The standard InChI is InChI=1S/C17H20N8O/c26-17(15-2-1-3-16(12-15)25-14-19-20-21-25)24-10-8-22(9-11-24)6-7-23-5-4-18-13-23/h1-5,12-14H,6-11H2. The van der Waals surface area contributed by atoms with Crippen LogP contribution in [-0.2, 0) is 6.54 Å². The number of imidazole rings is 1. The molecule has 134 valence electrons. The summed E-state index contributed by atoms with van der Waals surface area (Å²) in [6, 6.07) is 7.39. The number of aromatic nitrogens is 6. The Morgan fingerprint density at radius 3 is 2.69 bits per heavy atom. The van der Waals surface area contributed by atoms with E-state index in [0.717, 1.165) is 45.0 Å². The van der Waals surface area contributed by atoms with E-state index >= 15 is 0 Å². The van der Waals surface area contributed by atoms with Crippen molar-refractivity contribution in [3.05, 3.63) is 54.9 Å². The summed E-state index contributed by atoms with van der Waals surface area (Å²) in [5.74, 6) is 0.0502. The minimum Gasteiger partial charge on any atom is -0.336 e. The second-order valence-electron chi connectivity index (χ2n) is 6.24. The SMILES string of the molecule is O=C(c1cccc(-n2cnnn2)c1)N1CCN(CCn2ccnc2)CC1. The number of benzene rings is 1. The number of carbonyl (C=O) groups excluding carboxylic acids is 1. The molecule has 1 aliphatic rings. The van der Waals surface area contributed by atoms with Crippen LogP contribution in [0.3, 0.4) is 0 Å². The first-order valence-electron chi connectivity index (χ1n) is 8.60. The molecule has 1 aliphatic heterocycles. The zero-order valence-corrected chi connectivity index (χ0v) is 14.3. The second-order valence-corrected chi connectivity index (χ2v) is 6.24. The van der Waals surface area contributed by atoms with Gasteiger partial charge in [0.1, 0.15) is 6.33 Å². The highest BCUT2D eigenvalue weighted by Gasteiger charge is 2.22. The molecule has 2 aromatic heterocycles. The fourth-order valence-corrected chi connectivity index (χ4v) is 3.09. The van der Waals surface area contributed by atoms with E-state index in [-0.39, 0.29) is 5.91 Å². The Labute approximate surface area is 150 Å². The molecule has 0 aliphatic carbocycles. The fraction of sp³-hybridized carbons (Fsp3) is 0.353. The average molecular weight is 352 g/mol. The van der Waals surface area contributed by atoms with E-state index < -0.39 is 0 Å². The number of hydrogen-bond acceptors (Lipinski definition) is 6. The van der Waals surface area contributed by atoms with Gasteiger partial charge in [-0.2, -0.15) is 0 Å². The van der Waals surface area contributed by atoms with Gasteiger partial charge >= 0.3 is 0 Å². The average Bonchev–Trinajstić information content (AvgIpc) is 3.40. The molecule has 3 aromatic rings. The number of hydrogen-bond donors (Lipinski definition) is 0.